The van der Waals surface area contributed by atoms with Crippen LogP contribution in [0.5, 0.6) is 11.5 Å². The molecule has 0 unspecified atom stereocenters. The van der Waals surface area contributed by atoms with E-state index in [9.17, 15) is 59.4 Å². The number of amides is 3. The van der Waals surface area contributed by atoms with Gasteiger partial charge in [-0.15, -0.1) is 13.2 Å². The normalized spacial score (nSPS) is 14.2. The molecule has 18 heteroatoms. The van der Waals surface area contributed by atoms with E-state index >= 15 is 0 Å². The monoisotopic (exact) mass is 657 g/mol. The maximum absolute atomic E-state index is 15.0. The Morgan fingerprint density at radius 1 is 0.822 bits per heavy atom. The summed E-state index contributed by atoms with van der Waals surface area (Å²) >= 11 is 0. The van der Waals surface area contributed by atoms with Crippen LogP contribution >= 0.6 is 0 Å². The Hall–Kier alpha value is -4.48. The lowest BCUT2D eigenvalue weighted by molar-refractivity contribution is -0.275. The summed E-state index contributed by atoms with van der Waals surface area (Å²) in [6.07, 6.45) is -10.8. The highest BCUT2D eigenvalue weighted by Crippen LogP contribution is 2.37. The molecule has 3 atom stereocenters. The number of ketones is 1. The first-order chi connectivity index (χ1) is 20.7. The van der Waals surface area contributed by atoms with Crippen LogP contribution in [0.4, 0.5) is 35.1 Å². The summed E-state index contributed by atoms with van der Waals surface area (Å²) in [6, 6.07) is 1.42. The Morgan fingerprint density at radius 2 is 1.40 bits per heavy atom. The topological polar surface area (TPSA) is 143 Å². The van der Waals surface area contributed by atoms with Gasteiger partial charge in [-0.2, -0.15) is 22.0 Å². The van der Waals surface area contributed by atoms with Gasteiger partial charge < -0.3 is 30.5 Å². The molecule has 2 aromatic carbocycles. The third kappa shape index (κ3) is 9.75. The molecule has 0 aromatic heterocycles. The van der Waals surface area contributed by atoms with E-state index in [2.05, 4.69) is 4.74 Å². The first-order valence-electron chi connectivity index (χ1n) is 12.7. The van der Waals surface area contributed by atoms with Gasteiger partial charge in [0.05, 0.1) is 25.3 Å². The molecule has 45 heavy (non-hydrogen) atoms. The van der Waals surface area contributed by atoms with E-state index in [0.717, 1.165) is 12.1 Å². The maximum Gasteiger partial charge on any atom is 0.573 e. The Morgan fingerprint density at radius 3 is 1.89 bits per heavy atom. The molecule has 4 N–H and O–H groups in total. The number of alkyl halides is 8. The van der Waals surface area contributed by atoms with E-state index in [1.165, 1.54) is 50.5 Å². The van der Waals surface area contributed by atoms with Gasteiger partial charge in [0.25, 0.3) is 11.7 Å². The standard InChI is InChI=1S/C27H27F8N3O7/c1-13(2)19(21(40)26(30,31)32)37-23(42)20(14-8-10-15(44-3)11-9-14)38-22(41)17(12-39)36-24(43)25(28,29)16-6-4-5-7-18(16)45-27(33,34)35/h4-11,13,17,19-20,39H,12H2,1-3H3,(H,36,43)(H,37,42)(H,38,41)/t17-,19-,20-/m0/s1. The number of carbonyl (C=O) groups excluding carboxylic acids is 4. The van der Waals surface area contributed by atoms with Crippen molar-refractivity contribution in [2.45, 2.75) is 50.4 Å². The van der Waals surface area contributed by atoms with E-state index in [4.69, 9.17) is 4.74 Å². The minimum absolute atomic E-state index is 0.116. The number of Topliss-reactive ketones (excluding diaryl/α,β-unsaturated/α-hetero) is 1. The molecule has 3 amide bonds. The number of hydrogen-bond acceptors (Lipinski definition) is 7. The highest BCUT2D eigenvalue weighted by molar-refractivity contribution is 5.97. The smallest absolute Gasteiger partial charge is 0.497 e. The van der Waals surface area contributed by atoms with Gasteiger partial charge in [-0.25, -0.2) is 0 Å². The van der Waals surface area contributed by atoms with Crippen LogP contribution in [0, 0.1) is 5.92 Å². The molecule has 2 aromatic rings. The Bertz CT molecular complexity index is 1370. The van der Waals surface area contributed by atoms with Crippen LogP contribution in [-0.4, -0.2) is 67.0 Å². The molecule has 0 aliphatic heterocycles. The van der Waals surface area contributed by atoms with Crippen molar-refractivity contribution < 1.29 is 68.9 Å². The van der Waals surface area contributed by atoms with Gasteiger partial charge in [0, 0.05) is 0 Å². The molecule has 248 valence electrons. The zero-order valence-corrected chi connectivity index (χ0v) is 23.6. The molecule has 2 rings (SSSR count). The number of methoxy groups -OCH3 is 1. The van der Waals surface area contributed by atoms with Crippen molar-refractivity contribution in [3.63, 3.8) is 0 Å². The quantitative estimate of drug-likeness (QED) is 0.242. The molecular formula is C27H27F8N3O7. The molecule has 0 bridgehead atoms. The zero-order chi connectivity index (χ0) is 34.3. The summed E-state index contributed by atoms with van der Waals surface area (Å²) in [5.41, 5.74) is -1.66. The van der Waals surface area contributed by atoms with Crippen LogP contribution in [-0.2, 0) is 25.1 Å². The third-order valence-corrected chi connectivity index (χ3v) is 6.06. The first kappa shape index (κ1) is 36.7. The third-order valence-electron chi connectivity index (χ3n) is 6.06. The maximum atomic E-state index is 15.0. The summed E-state index contributed by atoms with van der Waals surface area (Å²) in [5.74, 6) is -14.6. The Balaban J connectivity index is 2.38. The molecule has 0 aliphatic rings. The van der Waals surface area contributed by atoms with Gasteiger partial charge >= 0.3 is 18.5 Å². The van der Waals surface area contributed by atoms with Crippen molar-refractivity contribution in [3.05, 3.63) is 59.7 Å². The van der Waals surface area contributed by atoms with E-state index in [1.807, 2.05) is 10.6 Å². The van der Waals surface area contributed by atoms with Crippen LogP contribution in [0.25, 0.3) is 0 Å². The molecule has 0 spiro atoms. The number of aliphatic hydroxyl groups excluding tert-OH is 1. The van der Waals surface area contributed by atoms with Crippen LogP contribution in [0.2, 0.25) is 0 Å². The van der Waals surface area contributed by atoms with Crippen LogP contribution in [0.1, 0.15) is 31.0 Å². The molecule has 0 heterocycles. The second kappa shape index (κ2) is 14.5. The molecule has 0 fully saturated rings. The number of ether oxygens (including phenoxy) is 2. The van der Waals surface area contributed by atoms with Crippen molar-refractivity contribution in [1.82, 2.24) is 16.0 Å². The zero-order valence-electron chi connectivity index (χ0n) is 23.6. The van der Waals surface area contributed by atoms with Crippen LogP contribution < -0.4 is 25.4 Å². The highest BCUT2D eigenvalue weighted by atomic mass is 19.4. The van der Waals surface area contributed by atoms with Crippen molar-refractivity contribution in [2.24, 2.45) is 5.92 Å². The number of nitrogens with one attached hydrogen (secondary N) is 3. The lowest BCUT2D eigenvalue weighted by Crippen LogP contribution is -2.56. The number of carbonyl (C=O) groups is 4. The van der Waals surface area contributed by atoms with Gasteiger partial charge in [0.2, 0.25) is 11.8 Å². The number of halogens is 8. The lowest BCUT2D eigenvalue weighted by Gasteiger charge is -2.27. The predicted octanol–water partition coefficient (Wildman–Crippen LogP) is 3.29. The minimum Gasteiger partial charge on any atom is -0.497 e. The number of para-hydroxylation sites is 1. The summed E-state index contributed by atoms with van der Waals surface area (Å²) in [7, 11) is 1.29. The summed E-state index contributed by atoms with van der Waals surface area (Å²) < 4.78 is 116. The average Bonchev–Trinajstić information content (AvgIpc) is 2.95. The van der Waals surface area contributed by atoms with Crippen molar-refractivity contribution in [2.75, 3.05) is 13.7 Å². The fraction of sp³-hybridized carbons (Fsp3) is 0.407. The molecule has 0 saturated carbocycles. The van der Waals surface area contributed by atoms with E-state index in [0.29, 0.717) is 12.1 Å². The molecule has 0 aliphatic carbocycles. The summed E-state index contributed by atoms with van der Waals surface area (Å²) in [5, 5.41) is 15.0. The van der Waals surface area contributed by atoms with Gasteiger partial charge in [-0.1, -0.05) is 38.1 Å². The number of rotatable bonds is 13. The van der Waals surface area contributed by atoms with Crippen LogP contribution in [0.15, 0.2) is 48.5 Å². The fourth-order valence-electron chi connectivity index (χ4n) is 3.79. The minimum atomic E-state index is -5.41. The van der Waals surface area contributed by atoms with E-state index in [1.54, 1.807) is 0 Å². The highest BCUT2D eigenvalue weighted by Gasteiger charge is 2.47. The second-order valence-corrected chi connectivity index (χ2v) is 9.63. The summed E-state index contributed by atoms with van der Waals surface area (Å²) in [6.45, 7) is 1.02. The molecule has 0 radical (unpaired) electrons. The SMILES string of the molecule is COc1ccc([C@H](NC(=O)[C@H](CO)NC(=O)C(F)(F)c2ccccc2OC(F)(F)F)C(=O)N[C@H](C(=O)C(F)(F)F)C(C)C)cc1. The first-order valence-corrected chi connectivity index (χ1v) is 12.7. The van der Waals surface area contributed by atoms with Gasteiger partial charge in [-0.05, 0) is 35.7 Å². The molecular weight excluding hydrogens is 630 g/mol. The van der Waals surface area contributed by atoms with Gasteiger partial charge in [0.1, 0.15) is 23.6 Å². The average molecular weight is 658 g/mol. The second-order valence-electron chi connectivity index (χ2n) is 9.63. The van der Waals surface area contributed by atoms with Gasteiger partial charge in [-0.3, -0.25) is 19.2 Å². The van der Waals surface area contributed by atoms with Crippen molar-refractivity contribution in [3.8, 4) is 11.5 Å². The van der Waals surface area contributed by atoms with E-state index in [-0.39, 0.29) is 11.3 Å². The number of aliphatic hydroxyl groups is 1. The Kier molecular flexibility index (Phi) is 11.9. The number of benzene rings is 2. The van der Waals surface area contributed by atoms with Gasteiger partial charge in [0.15, 0.2) is 0 Å². The Labute approximate surface area is 250 Å². The van der Waals surface area contributed by atoms with Crippen LogP contribution in [0.3, 0.4) is 0 Å². The van der Waals surface area contributed by atoms with Crippen molar-refractivity contribution in [1.29, 1.82) is 0 Å². The number of hydrogen-bond donors (Lipinski definition) is 4. The van der Waals surface area contributed by atoms with E-state index < -0.39 is 83.9 Å². The predicted molar refractivity (Wildman–Crippen MR) is 138 cm³/mol. The molecule has 0 saturated heterocycles. The van der Waals surface area contributed by atoms with Crippen molar-refractivity contribution >= 4 is 23.5 Å². The largest absolute Gasteiger partial charge is 0.573 e. The summed E-state index contributed by atoms with van der Waals surface area (Å²) in [4.78, 5) is 50.6. The lowest BCUT2D eigenvalue weighted by atomic mass is 9.97. The molecule has 10 nitrogen and oxygen atoms in total. The fourth-order valence-corrected chi connectivity index (χ4v) is 3.79.